The molecule has 0 unspecified atom stereocenters. The van der Waals surface area contributed by atoms with Gasteiger partial charge < -0.3 is 23.5 Å². The van der Waals surface area contributed by atoms with Crippen LogP contribution in [0.2, 0.25) is 5.02 Å². The van der Waals surface area contributed by atoms with Crippen molar-refractivity contribution in [1.29, 1.82) is 0 Å². The molecule has 7 heteroatoms. The van der Waals surface area contributed by atoms with E-state index < -0.39 is 0 Å². The minimum absolute atomic E-state index is 0.295. The highest BCUT2D eigenvalue weighted by Crippen LogP contribution is 2.41. The van der Waals surface area contributed by atoms with Crippen LogP contribution in [0.4, 0.5) is 5.69 Å². The van der Waals surface area contributed by atoms with Crippen LogP contribution in [-0.4, -0.2) is 21.0 Å². The van der Waals surface area contributed by atoms with E-state index in [0.717, 1.165) is 27.8 Å². The van der Waals surface area contributed by atoms with Gasteiger partial charge in [-0.05, 0) is 36.2 Å². The molecule has 1 aromatic heterocycles. The van der Waals surface area contributed by atoms with Gasteiger partial charge in [0.15, 0.2) is 18.2 Å². The first-order chi connectivity index (χ1) is 16.5. The maximum absolute atomic E-state index is 13.1. The molecule has 0 fully saturated rings. The molecule has 6 nitrogen and oxygen atoms in total. The molecule has 174 valence electrons. The maximum atomic E-state index is 13.1. The van der Waals surface area contributed by atoms with Crippen LogP contribution in [0.5, 0.6) is 17.2 Å². The standard InChI is InChI=1S/C27H24ClNO5/c1-16-19-13-22(28)26-21(25(19)34-27(30)20(16)11-17-7-5-4-6-8-17)14-29(15-33-26)18-9-10-23(31-2)24(12-18)32-3/h4-10,12-13H,11,14-15H2,1-3H3. The number of ether oxygens (including phenoxy) is 3. The molecule has 34 heavy (non-hydrogen) atoms. The van der Waals surface area contributed by atoms with Gasteiger partial charge in [0, 0.05) is 29.1 Å². The summed E-state index contributed by atoms with van der Waals surface area (Å²) in [5.74, 6) is 1.81. The smallest absolute Gasteiger partial charge is 0.340 e. The Bertz CT molecular complexity index is 1430. The summed E-state index contributed by atoms with van der Waals surface area (Å²) in [6, 6.07) is 17.4. The molecule has 1 aliphatic heterocycles. The van der Waals surface area contributed by atoms with Crippen molar-refractivity contribution in [2.24, 2.45) is 0 Å². The van der Waals surface area contributed by atoms with Crippen LogP contribution in [0, 0.1) is 6.92 Å². The molecule has 0 amide bonds. The summed E-state index contributed by atoms with van der Waals surface area (Å²) in [6.07, 6.45) is 0.494. The van der Waals surface area contributed by atoms with Gasteiger partial charge in [-0.2, -0.15) is 0 Å². The van der Waals surface area contributed by atoms with Gasteiger partial charge in [-0.25, -0.2) is 4.79 Å². The predicted octanol–water partition coefficient (Wildman–Crippen LogP) is 5.72. The first kappa shape index (κ1) is 22.2. The zero-order valence-electron chi connectivity index (χ0n) is 19.2. The number of benzene rings is 3. The lowest BCUT2D eigenvalue weighted by Crippen LogP contribution is -2.32. The molecular formula is C27H24ClNO5. The van der Waals surface area contributed by atoms with Crippen molar-refractivity contribution in [1.82, 2.24) is 0 Å². The molecule has 0 aliphatic carbocycles. The zero-order valence-corrected chi connectivity index (χ0v) is 19.9. The lowest BCUT2D eigenvalue weighted by Gasteiger charge is -2.32. The first-order valence-corrected chi connectivity index (χ1v) is 11.3. The Morgan fingerprint density at radius 3 is 2.53 bits per heavy atom. The van der Waals surface area contributed by atoms with E-state index in [1.807, 2.05) is 66.4 Å². The second-order valence-corrected chi connectivity index (χ2v) is 8.62. The molecule has 0 atom stereocenters. The van der Waals surface area contributed by atoms with Crippen molar-refractivity contribution >= 4 is 28.3 Å². The summed E-state index contributed by atoms with van der Waals surface area (Å²) in [7, 11) is 3.20. The number of rotatable bonds is 5. The summed E-state index contributed by atoms with van der Waals surface area (Å²) in [5, 5.41) is 1.31. The third-order valence-electron chi connectivity index (χ3n) is 6.25. The lowest BCUT2D eigenvalue weighted by atomic mass is 9.97. The van der Waals surface area contributed by atoms with Crippen molar-refractivity contribution in [3.8, 4) is 17.2 Å². The van der Waals surface area contributed by atoms with Crippen LogP contribution < -0.4 is 24.7 Å². The normalized spacial score (nSPS) is 12.9. The van der Waals surface area contributed by atoms with Crippen molar-refractivity contribution in [2.45, 2.75) is 19.9 Å². The van der Waals surface area contributed by atoms with Crippen molar-refractivity contribution < 1.29 is 18.6 Å². The van der Waals surface area contributed by atoms with Gasteiger partial charge in [-0.3, -0.25) is 0 Å². The zero-order chi connectivity index (χ0) is 23.8. The van der Waals surface area contributed by atoms with Crippen LogP contribution in [0.1, 0.15) is 22.3 Å². The van der Waals surface area contributed by atoms with Gasteiger partial charge >= 0.3 is 5.63 Å². The second-order valence-electron chi connectivity index (χ2n) is 8.21. The van der Waals surface area contributed by atoms with Crippen LogP contribution in [0.25, 0.3) is 11.0 Å². The van der Waals surface area contributed by atoms with Crippen LogP contribution in [0.3, 0.4) is 0 Å². The highest BCUT2D eigenvalue weighted by Gasteiger charge is 2.27. The van der Waals surface area contributed by atoms with Gasteiger partial charge in [0.2, 0.25) is 0 Å². The highest BCUT2D eigenvalue weighted by atomic mass is 35.5. The predicted molar refractivity (Wildman–Crippen MR) is 133 cm³/mol. The number of hydrogen-bond acceptors (Lipinski definition) is 6. The Morgan fingerprint density at radius 2 is 1.79 bits per heavy atom. The summed E-state index contributed by atoms with van der Waals surface area (Å²) in [4.78, 5) is 15.1. The monoisotopic (exact) mass is 477 g/mol. The van der Waals surface area contributed by atoms with E-state index in [4.69, 9.17) is 30.2 Å². The molecule has 0 saturated heterocycles. The summed E-state index contributed by atoms with van der Waals surface area (Å²) >= 11 is 6.63. The summed E-state index contributed by atoms with van der Waals surface area (Å²) in [5.41, 5.74) is 4.33. The molecule has 0 radical (unpaired) electrons. The van der Waals surface area contributed by atoms with Gasteiger partial charge in [-0.1, -0.05) is 41.9 Å². The fourth-order valence-electron chi connectivity index (χ4n) is 4.40. The molecule has 3 aromatic carbocycles. The van der Waals surface area contributed by atoms with Crippen LogP contribution >= 0.6 is 11.6 Å². The molecule has 0 N–H and O–H groups in total. The maximum Gasteiger partial charge on any atom is 0.340 e. The van der Waals surface area contributed by atoms with Crippen molar-refractivity contribution in [3.63, 3.8) is 0 Å². The van der Waals surface area contributed by atoms with Crippen molar-refractivity contribution in [2.75, 3.05) is 25.9 Å². The molecule has 0 spiro atoms. The molecule has 0 bridgehead atoms. The number of anilines is 1. The van der Waals surface area contributed by atoms with E-state index in [1.165, 1.54) is 0 Å². The molecule has 0 saturated carbocycles. The third kappa shape index (κ3) is 3.84. The Labute approximate surface area is 202 Å². The van der Waals surface area contributed by atoms with Gasteiger partial charge in [0.05, 0.1) is 31.4 Å². The number of fused-ring (bicyclic) bond motifs is 3. The first-order valence-electron chi connectivity index (χ1n) is 10.9. The molecule has 1 aliphatic rings. The fourth-order valence-corrected chi connectivity index (χ4v) is 4.68. The molecule has 4 aromatic rings. The highest BCUT2D eigenvalue weighted by molar-refractivity contribution is 6.33. The topological polar surface area (TPSA) is 61.1 Å². The van der Waals surface area contributed by atoms with E-state index in [-0.39, 0.29) is 5.63 Å². The van der Waals surface area contributed by atoms with E-state index in [9.17, 15) is 4.79 Å². The third-order valence-corrected chi connectivity index (χ3v) is 6.53. The number of nitrogens with zero attached hydrogens (tertiary/aromatic N) is 1. The lowest BCUT2D eigenvalue weighted by molar-refractivity contribution is 0.289. The minimum atomic E-state index is -0.346. The SMILES string of the molecule is COc1ccc(N2COc3c(Cl)cc4c(C)c(Cc5ccccc5)c(=O)oc4c3C2)cc1OC. The molecular weight excluding hydrogens is 454 g/mol. The second kappa shape index (κ2) is 8.95. The molecule has 2 heterocycles. The van der Waals surface area contributed by atoms with E-state index in [0.29, 0.717) is 53.1 Å². The molecule has 5 rings (SSSR count). The average molecular weight is 478 g/mol. The van der Waals surface area contributed by atoms with Crippen LogP contribution in [0.15, 0.2) is 63.8 Å². The van der Waals surface area contributed by atoms with E-state index >= 15 is 0 Å². The largest absolute Gasteiger partial charge is 0.493 e. The summed E-state index contributed by atoms with van der Waals surface area (Å²) in [6.45, 7) is 2.70. The van der Waals surface area contributed by atoms with E-state index in [1.54, 1.807) is 14.2 Å². The Hall–Kier alpha value is -3.64. The van der Waals surface area contributed by atoms with Crippen LogP contribution in [-0.2, 0) is 13.0 Å². The van der Waals surface area contributed by atoms with Gasteiger partial charge in [0.1, 0.15) is 11.3 Å². The fraction of sp³-hybridized carbons (Fsp3) is 0.222. The van der Waals surface area contributed by atoms with Crippen molar-refractivity contribution in [3.05, 3.63) is 92.3 Å². The number of methoxy groups -OCH3 is 2. The average Bonchev–Trinajstić information content (AvgIpc) is 2.87. The Morgan fingerprint density at radius 1 is 1.03 bits per heavy atom. The number of aryl methyl sites for hydroxylation is 1. The number of hydrogen-bond donors (Lipinski definition) is 0. The quantitative estimate of drug-likeness (QED) is 0.343. The minimum Gasteiger partial charge on any atom is -0.493 e. The Balaban J connectivity index is 1.58. The van der Waals surface area contributed by atoms with Gasteiger partial charge in [0.25, 0.3) is 0 Å². The summed E-state index contributed by atoms with van der Waals surface area (Å²) < 4.78 is 22.7. The van der Waals surface area contributed by atoms with Gasteiger partial charge in [-0.15, -0.1) is 0 Å². The Kier molecular flexibility index (Phi) is 5.84. The van der Waals surface area contributed by atoms with E-state index in [2.05, 4.69) is 0 Å². The number of halogens is 1.